The summed E-state index contributed by atoms with van der Waals surface area (Å²) in [5, 5.41) is 3.53. The number of hydrogen-bond acceptors (Lipinski definition) is 3. The minimum absolute atomic E-state index is 0.610. The highest BCUT2D eigenvalue weighted by molar-refractivity contribution is 4.90. The summed E-state index contributed by atoms with van der Waals surface area (Å²) in [5.74, 6) is 0. The molecule has 3 rings (SSSR count). The molecule has 1 N–H and O–H groups in total. The first-order chi connectivity index (χ1) is 9.31. The fraction of sp³-hybridized carbons (Fsp3) is 1.00. The monoisotopic (exact) mass is 265 g/mol. The molecule has 0 spiro atoms. The maximum absolute atomic E-state index is 3.53. The van der Waals surface area contributed by atoms with Crippen LogP contribution in [0.4, 0.5) is 0 Å². The van der Waals surface area contributed by atoms with Crippen molar-refractivity contribution in [1.29, 1.82) is 0 Å². The SMILES string of the molecule is CCC1(CN2CCCN3CCCC3C2)CCNCC1. The number of rotatable bonds is 3. The number of nitrogens with zero attached hydrogens (tertiary/aromatic N) is 2. The van der Waals surface area contributed by atoms with Gasteiger partial charge in [-0.1, -0.05) is 6.92 Å². The third-order valence-electron chi connectivity index (χ3n) is 5.86. The van der Waals surface area contributed by atoms with Gasteiger partial charge >= 0.3 is 0 Å². The molecule has 1 unspecified atom stereocenters. The lowest BCUT2D eigenvalue weighted by atomic mass is 9.76. The lowest BCUT2D eigenvalue weighted by molar-refractivity contribution is 0.101. The molecular formula is C16H31N3. The van der Waals surface area contributed by atoms with E-state index in [1.165, 1.54) is 84.3 Å². The van der Waals surface area contributed by atoms with Gasteiger partial charge in [0.05, 0.1) is 0 Å². The zero-order valence-corrected chi connectivity index (χ0v) is 12.7. The molecular weight excluding hydrogens is 234 g/mol. The molecule has 3 heterocycles. The summed E-state index contributed by atoms with van der Waals surface area (Å²) >= 11 is 0. The molecule has 3 nitrogen and oxygen atoms in total. The van der Waals surface area contributed by atoms with E-state index in [9.17, 15) is 0 Å². The Morgan fingerprint density at radius 3 is 2.68 bits per heavy atom. The molecule has 0 aromatic heterocycles. The molecule has 0 bridgehead atoms. The summed E-state index contributed by atoms with van der Waals surface area (Å²) in [5.41, 5.74) is 0.610. The zero-order valence-electron chi connectivity index (χ0n) is 12.7. The first kappa shape index (κ1) is 13.8. The van der Waals surface area contributed by atoms with Gasteiger partial charge in [0.1, 0.15) is 0 Å². The van der Waals surface area contributed by atoms with Crippen molar-refractivity contribution >= 4 is 0 Å². The lowest BCUT2D eigenvalue weighted by Gasteiger charge is -2.41. The van der Waals surface area contributed by atoms with Gasteiger partial charge in [-0.2, -0.15) is 0 Å². The molecule has 3 fully saturated rings. The predicted molar refractivity (Wildman–Crippen MR) is 80.5 cm³/mol. The van der Waals surface area contributed by atoms with Crippen molar-refractivity contribution in [2.75, 3.05) is 45.8 Å². The van der Waals surface area contributed by atoms with E-state index in [0.717, 1.165) is 6.04 Å². The fourth-order valence-corrected chi connectivity index (χ4v) is 4.48. The van der Waals surface area contributed by atoms with E-state index in [4.69, 9.17) is 0 Å². The van der Waals surface area contributed by atoms with Crippen molar-refractivity contribution in [3.8, 4) is 0 Å². The minimum atomic E-state index is 0.610. The summed E-state index contributed by atoms with van der Waals surface area (Å²) in [6, 6.07) is 0.873. The lowest BCUT2D eigenvalue weighted by Crippen LogP contribution is -2.46. The molecule has 0 aliphatic carbocycles. The molecule has 3 saturated heterocycles. The van der Waals surface area contributed by atoms with Gasteiger partial charge in [-0.3, -0.25) is 4.90 Å². The van der Waals surface area contributed by atoms with Crippen LogP contribution >= 0.6 is 0 Å². The maximum Gasteiger partial charge on any atom is 0.0223 e. The van der Waals surface area contributed by atoms with E-state index in [0.29, 0.717) is 5.41 Å². The predicted octanol–water partition coefficient (Wildman–Crippen LogP) is 1.94. The molecule has 0 aromatic rings. The van der Waals surface area contributed by atoms with Crippen molar-refractivity contribution in [3.05, 3.63) is 0 Å². The molecule has 0 saturated carbocycles. The average Bonchev–Trinajstić information content (AvgIpc) is 2.79. The Morgan fingerprint density at radius 2 is 1.89 bits per heavy atom. The van der Waals surface area contributed by atoms with Crippen LogP contribution in [0.5, 0.6) is 0 Å². The van der Waals surface area contributed by atoms with E-state index in [2.05, 4.69) is 22.0 Å². The summed E-state index contributed by atoms with van der Waals surface area (Å²) < 4.78 is 0. The molecule has 110 valence electrons. The van der Waals surface area contributed by atoms with E-state index in [1.54, 1.807) is 0 Å². The zero-order chi connectivity index (χ0) is 13.1. The third-order valence-corrected chi connectivity index (χ3v) is 5.86. The van der Waals surface area contributed by atoms with Crippen LogP contribution in [0, 0.1) is 5.41 Å². The van der Waals surface area contributed by atoms with Gasteiger partial charge < -0.3 is 10.2 Å². The molecule has 3 aliphatic rings. The van der Waals surface area contributed by atoms with Crippen molar-refractivity contribution in [1.82, 2.24) is 15.1 Å². The molecule has 0 aromatic carbocycles. The highest BCUT2D eigenvalue weighted by atomic mass is 15.3. The van der Waals surface area contributed by atoms with Crippen LogP contribution in [-0.4, -0.2) is 61.7 Å². The van der Waals surface area contributed by atoms with Gasteiger partial charge in [0.25, 0.3) is 0 Å². The van der Waals surface area contributed by atoms with E-state index in [-0.39, 0.29) is 0 Å². The Morgan fingerprint density at radius 1 is 1.11 bits per heavy atom. The second-order valence-electron chi connectivity index (χ2n) is 7.02. The van der Waals surface area contributed by atoms with Crippen LogP contribution in [0.15, 0.2) is 0 Å². The molecule has 3 heteroatoms. The first-order valence-corrected chi connectivity index (χ1v) is 8.48. The van der Waals surface area contributed by atoms with Crippen LogP contribution in [0.2, 0.25) is 0 Å². The Kier molecular flexibility index (Phi) is 4.45. The molecule has 0 amide bonds. The first-order valence-electron chi connectivity index (χ1n) is 8.48. The van der Waals surface area contributed by atoms with Crippen LogP contribution < -0.4 is 5.32 Å². The van der Waals surface area contributed by atoms with Crippen LogP contribution in [0.1, 0.15) is 45.4 Å². The van der Waals surface area contributed by atoms with Gasteiger partial charge in [-0.25, -0.2) is 0 Å². The molecule has 1 atom stereocenters. The molecule has 19 heavy (non-hydrogen) atoms. The van der Waals surface area contributed by atoms with E-state index in [1.807, 2.05) is 0 Å². The highest BCUT2D eigenvalue weighted by Gasteiger charge is 2.35. The topological polar surface area (TPSA) is 18.5 Å². The Bertz CT molecular complexity index is 286. The second kappa shape index (κ2) is 6.11. The summed E-state index contributed by atoms with van der Waals surface area (Å²) in [6.45, 7) is 11.6. The smallest absolute Gasteiger partial charge is 0.0223 e. The van der Waals surface area contributed by atoms with Gasteiger partial charge in [0, 0.05) is 19.1 Å². The van der Waals surface area contributed by atoms with Gasteiger partial charge in [-0.15, -0.1) is 0 Å². The van der Waals surface area contributed by atoms with Gasteiger partial charge in [0.15, 0.2) is 0 Å². The maximum atomic E-state index is 3.53. The van der Waals surface area contributed by atoms with Crippen molar-refractivity contribution < 1.29 is 0 Å². The van der Waals surface area contributed by atoms with Crippen LogP contribution in [0.25, 0.3) is 0 Å². The van der Waals surface area contributed by atoms with E-state index >= 15 is 0 Å². The third kappa shape index (κ3) is 3.14. The number of fused-ring (bicyclic) bond motifs is 1. The van der Waals surface area contributed by atoms with Gasteiger partial charge in [0.2, 0.25) is 0 Å². The number of hydrogen-bond donors (Lipinski definition) is 1. The largest absolute Gasteiger partial charge is 0.317 e. The Hall–Kier alpha value is -0.120. The van der Waals surface area contributed by atoms with Crippen molar-refractivity contribution in [2.24, 2.45) is 5.41 Å². The van der Waals surface area contributed by atoms with Crippen LogP contribution in [0.3, 0.4) is 0 Å². The standard InChI is InChI=1S/C16H31N3/c1-2-16(6-8-17-9-7-16)14-18-10-4-12-19-11-3-5-15(19)13-18/h15,17H,2-14H2,1H3. The Balaban J connectivity index is 1.61. The fourth-order valence-electron chi connectivity index (χ4n) is 4.48. The van der Waals surface area contributed by atoms with Crippen LogP contribution in [-0.2, 0) is 0 Å². The average molecular weight is 265 g/mol. The Labute approximate surface area is 118 Å². The summed E-state index contributed by atoms with van der Waals surface area (Å²) in [6.07, 6.45) is 8.38. The molecule has 0 radical (unpaired) electrons. The second-order valence-corrected chi connectivity index (χ2v) is 7.02. The molecule has 3 aliphatic heterocycles. The van der Waals surface area contributed by atoms with E-state index < -0.39 is 0 Å². The number of nitrogens with one attached hydrogen (secondary N) is 1. The quantitative estimate of drug-likeness (QED) is 0.841. The summed E-state index contributed by atoms with van der Waals surface area (Å²) in [4.78, 5) is 5.56. The van der Waals surface area contributed by atoms with Gasteiger partial charge in [-0.05, 0) is 76.7 Å². The number of piperidine rings is 1. The minimum Gasteiger partial charge on any atom is -0.317 e. The normalized spacial score (nSPS) is 33.0. The van der Waals surface area contributed by atoms with Crippen molar-refractivity contribution in [3.63, 3.8) is 0 Å². The highest BCUT2D eigenvalue weighted by Crippen LogP contribution is 2.34. The van der Waals surface area contributed by atoms with Crippen molar-refractivity contribution in [2.45, 2.75) is 51.5 Å². The summed E-state index contributed by atoms with van der Waals surface area (Å²) in [7, 11) is 0.